The lowest BCUT2D eigenvalue weighted by Crippen LogP contribution is -2.22. The molecule has 0 spiro atoms. The zero-order chi connectivity index (χ0) is 18.7. The number of benzene rings is 2. The standard InChI is InChI=1S/C18H14F3N3OS/c1-11(26-17-14-4-2-3-5-15(14)22-10-23-17)16(25)24-13-8-6-12(7-9-13)18(19,20)21/h2-11H,1H3,(H,24,25)/t11-/m1/s1. The van der Waals surface area contributed by atoms with Crippen molar-refractivity contribution in [2.45, 2.75) is 23.4 Å². The molecule has 0 saturated carbocycles. The fraction of sp³-hybridized carbons (Fsp3) is 0.167. The molecule has 0 aliphatic heterocycles. The highest BCUT2D eigenvalue weighted by Crippen LogP contribution is 2.31. The third-order valence-electron chi connectivity index (χ3n) is 3.64. The van der Waals surface area contributed by atoms with Gasteiger partial charge in [0.25, 0.3) is 0 Å². The largest absolute Gasteiger partial charge is 0.416 e. The number of nitrogens with one attached hydrogen (secondary N) is 1. The third kappa shape index (κ3) is 4.13. The number of fused-ring (bicyclic) bond motifs is 1. The van der Waals surface area contributed by atoms with Gasteiger partial charge in [-0.1, -0.05) is 30.0 Å². The second-order valence-electron chi connectivity index (χ2n) is 5.52. The summed E-state index contributed by atoms with van der Waals surface area (Å²) >= 11 is 1.26. The Morgan fingerprint density at radius 3 is 2.46 bits per heavy atom. The van der Waals surface area contributed by atoms with E-state index in [1.165, 1.54) is 30.2 Å². The van der Waals surface area contributed by atoms with Gasteiger partial charge in [0.2, 0.25) is 5.91 Å². The molecule has 1 aromatic heterocycles. The molecule has 1 N–H and O–H groups in total. The normalized spacial score (nSPS) is 12.8. The van der Waals surface area contributed by atoms with Crippen LogP contribution in [0.2, 0.25) is 0 Å². The molecule has 0 aliphatic carbocycles. The van der Waals surface area contributed by atoms with Crippen molar-refractivity contribution in [2.24, 2.45) is 0 Å². The lowest BCUT2D eigenvalue weighted by atomic mass is 10.2. The number of anilines is 1. The van der Waals surface area contributed by atoms with Crippen LogP contribution in [0, 0.1) is 0 Å². The maximum Gasteiger partial charge on any atom is 0.416 e. The van der Waals surface area contributed by atoms with Crippen molar-refractivity contribution in [3.8, 4) is 0 Å². The van der Waals surface area contributed by atoms with Crippen molar-refractivity contribution in [1.29, 1.82) is 0 Å². The zero-order valence-corrected chi connectivity index (χ0v) is 14.4. The summed E-state index contributed by atoms with van der Waals surface area (Å²) in [4.78, 5) is 20.7. The number of para-hydroxylation sites is 1. The van der Waals surface area contributed by atoms with E-state index in [2.05, 4.69) is 15.3 Å². The number of nitrogens with zero attached hydrogens (tertiary/aromatic N) is 2. The zero-order valence-electron chi connectivity index (χ0n) is 13.6. The number of hydrogen-bond donors (Lipinski definition) is 1. The fourth-order valence-electron chi connectivity index (χ4n) is 2.28. The van der Waals surface area contributed by atoms with Gasteiger partial charge in [-0.05, 0) is 37.3 Å². The van der Waals surface area contributed by atoms with Gasteiger partial charge in [0.05, 0.1) is 16.3 Å². The number of amides is 1. The van der Waals surface area contributed by atoms with Gasteiger partial charge in [0.15, 0.2) is 0 Å². The minimum Gasteiger partial charge on any atom is -0.325 e. The van der Waals surface area contributed by atoms with E-state index in [4.69, 9.17) is 0 Å². The number of thioether (sulfide) groups is 1. The van der Waals surface area contributed by atoms with E-state index in [0.717, 1.165) is 23.0 Å². The highest BCUT2D eigenvalue weighted by atomic mass is 32.2. The van der Waals surface area contributed by atoms with Crippen molar-refractivity contribution < 1.29 is 18.0 Å². The summed E-state index contributed by atoms with van der Waals surface area (Å²) in [5.74, 6) is -0.322. The molecule has 3 aromatic rings. The van der Waals surface area contributed by atoms with Crippen LogP contribution in [0.3, 0.4) is 0 Å². The predicted molar refractivity (Wildman–Crippen MR) is 94.9 cm³/mol. The van der Waals surface area contributed by atoms with Crippen LogP contribution in [0.5, 0.6) is 0 Å². The van der Waals surface area contributed by atoms with E-state index in [1.54, 1.807) is 6.92 Å². The molecule has 1 amide bonds. The topological polar surface area (TPSA) is 54.9 Å². The smallest absolute Gasteiger partial charge is 0.325 e. The van der Waals surface area contributed by atoms with Crippen LogP contribution in [0.25, 0.3) is 10.9 Å². The van der Waals surface area contributed by atoms with Gasteiger partial charge in [-0.15, -0.1) is 0 Å². The molecule has 0 aliphatic rings. The van der Waals surface area contributed by atoms with E-state index in [9.17, 15) is 18.0 Å². The van der Waals surface area contributed by atoms with Crippen molar-refractivity contribution in [2.75, 3.05) is 5.32 Å². The summed E-state index contributed by atoms with van der Waals surface area (Å²) in [5.41, 5.74) is 0.328. The third-order valence-corrected chi connectivity index (χ3v) is 4.76. The Morgan fingerprint density at radius 2 is 1.77 bits per heavy atom. The number of aromatic nitrogens is 2. The average molecular weight is 377 g/mol. The van der Waals surface area contributed by atoms with E-state index >= 15 is 0 Å². The second-order valence-corrected chi connectivity index (χ2v) is 6.85. The van der Waals surface area contributed by atoms with Crippen LogP contribution in [0.1, 0.15) is 12.5 Å². The quantitative estimate of drug-likeness (QED) is 0.526. The Kier molecular flexibility index (Phi) is 5.13. The summed E-state index contributed by atoms with van der Waals surface area (Å²) in [6, 6.07) is 11.8. The number of rotatable bonds is 4. The number of carbonyl (C=O) groups excluding carboxylic acids is 1. The fourth-order valence-corrected chi connectivity index (χ4v) is 3.19. The summed E-state index contributed by atoms with van der Waals surface area (Å²) < 4.78 is 37.7. The first-order valence-electron chi connectivity index (χ1n) is 7.69. The number of carbonyl (C=O) groups is 1. The molecular weight excluding hydrogens is 363 g/mol. The second kappa shape index (κ2) is 7.33. The molecule has 1 atom stereocenters. The van der Waals surface area contributed by atoms with Gasteiger partial charge in [-0.2, -0.15) is 13.2 Å². The molecule has 1 heterocycles. The molecular formula is C18H14F3N3OS. The molecule has 2 aromatic carbocycles. The monoisotopic (exact) mass is 377 g/mol. The first kappa shape index (κ1) is 18.2. The van der Waals surface area contributed by atoms with Crippen LogP contribution in [-0.4, -0.2) is 21.1 Å². The molecule has 8 heteroatoms. The first-order chi connectivity index (χ1) is 12.3. The lowest BCUT2D eigenvalue weighted by molar-refractivity contribution is -0.137. The minimum atomic E-state index is -4.40. The van der Waals surface area contributed by atoms with Crippen LogP contribution >= 0.6 is 11.8 Å². The molecule has 0 fully saturated rings. The van der Waals surface area contributed by atoms with Gasteiger partial charge >= 0.3 is 6.18 Å². The van der Waals surface area contributed by atoms with Gasteiger partial charge < -0.3 is 5.32 Å². The van der Waals surface area contributed by atoms with Gasteiger partial charge in [-0.25, -0.2) is 9.97 Å². The van der Waals surface area contributed by atoms with Crippen LogP contribution in [-0.2, 0) is 11.0 Å². The molecule has 0 unspecified atom stereocenters. The van der Waals surface area contributed by atoms with Gasteiger partial charge in [0, 0.05) is 11.1 Å². The van der Waals surface area contributed by atoms with Crippen LogP contribution in [0.15, 0.2) is 59.9 Å². The molecule has 0 radical (unpaired) electrons. The molecule has 0 saturated heterocycles. The van der Waals surface area contributed by atoms with Crippen molar-refractivity contribution in [3.05, 3.63) is 60.4 Å². The maximum atomic E-state index is 12.6. The van der Waals surface area contributed by atoms with Crippen molar-refractivity contribution >= 4 is 34.3 Å². The lowest BCUT2D eigenvalue weighted by Gasteiger charge is -2.13. The Morgan fingerprint density at radius 1 is 1.08 bits per heavy atom. The summed E-state index contributed by atoms with van der Waals surface area (Å²) in [6.07, 6.45) is -2.97. The predicted octanol–water partition coefficient (Wildman–Crippen LogP) is 4.77. The van der Waals surface area contributed by atoms with Crippen LogP contribution in [0.4, 0.5) is 18.9 Å². The highest BCUT2D eigenvalue weighted by molar-refractivity contribution is 8.00. The van der Waals surface area contributed by atoms with Gasteiger partial charge in [0.1, 0.15) is 11.4 Å². The molecule has 26 heavy (non-hydrogen) atoms. The van der Waals surface area contributed by atoms with Crippen molar-refractivity contribution in [3.63, 3.8) is 0 Å². The van der Waals surface area contributed by atoms with Crippen molar-refractivity contribution in [1.82, 2.24) is 9.97 Å². The SMILES string of the molecule is C[C@@H](Sc1ncnc2ccccc12)C(=O)Nc1ccc(C(F)(F)F)cc1. The van der Waals surface area contributed by atoms with E-state index in [0.29, 0.717) is 10.7 Å². The Hall–Kier alpha value is -2.61. The Balaban J connectivity index is 1.70. The van der Waals surface area contributed by atoms with E-state index in [-0.39, 0.29) is 5.91 Å². The first-order valence-corrected chi connectivity index (χ1v) is 8.57. The molecule has 4 nitrogen and oxygen atoms in total. The minimum absolute atomic E-state index is 0.308. The molecule has 3 rings (SSSR count). The molecule has 0 bridgehead atoms. The number of alkyl halides is 3. The number of hydrogen-bond acceptors (Lipinski definition) is 4. The van der Waals surface area contributed by atoms with E-state index in [1.807, 2.05) is 24.3 Å². The Labute approximate surface area is 151 Å². The highest BCUT2D eigenvalue weighted by Gasteiger charge is 2.30. The van der Waals surface area contributed by atoms with E-state index < -0.39 is 17.0 Å². The Bertz CT molecular complexity index is 924. The summed E-state index contributed by atoms with van der Waals surface area (Å²) in [6.45, 7) is 1.71. The summed E-state index contributed by atoms with van der Waals surface area (Å²) in [7, 11) is 0. The van der Waals surface area contributed by atoms with Crippen LogP contribution < -0.4 is 5.32 Å². The molecule has 134 valence electrons. The number of halogens is 3. The maximum absolute atomic E-state index is 12.6. The average Bonchev–Trinajstić information content (AvgIpc) is 2.61. The van der Waals surface area contributed by atoms with Gasteiger partial charge in [-0.3, -0.25) is 4.79 Å². The summed E-state index contributed by atoms with van der Waals surface area (Å²) in [5, 5.41) is 3.64.